The number of aromatic amines is 1. The molecule has 0 spiro atoms. The minimum atomic E-state index is -0.382. The molecule has 0 unspecified atom stereocenters. The smallest absolute Gasteiger partial charge is 0.410 e. The number of hydrogen-bond donors (Lipinski definition) is 1. The van der Waals surface area contributed by atoms with Crippen LogP contribution in [0.5, 0.6) is 0 Å². The molecule has 0 saturated heterocycles. The molecule has 2 aliphatic heterocycles. The number of hydrogen-bond acceptors (Lipinski definition) is 7. The lowest BCUT2D eigenvalue weighted by Gasteiger charge is -2.24. The van der Waals surface area contributed by atoms with E-state index in [1.54, 1.807) is 15.9 Å². The van der Waals surface area contributed by atoms with Crippen LogP contribution in [-0.4, -0.2) is 66.6 Å². The fourth-order valence-corrected chi connectivity index (χ4v) is 4.72. The fraction of sp³-hybridized carbons (Fsp3) is 0.440. The highest BCUT2D eigenvalue weighted by molar-refractivity contribution is 5.92. The summed E-state index contributed by atoms with van der Waals surface area (Å²) < 4.78 is 7.44. The molecule has 0 bridgehead atoms. The number of ether oxygens (including phenoxy) is 1. The Kier molecular flexibility index (Phi) is 6.41. The van der Waals surface area contributed by atoms with Gasteiger partial charge < -0.3 is 14.5 Å². The van der Waals surface area contributed by atoms with Crippen LogP contribution < -0.4 is 0 Å². The second kappa shape index (κ2) is 9.81. The van der Waals surface area contributed by atoms with E-state index in [4.69, 9.17) is 4.74 Å². The molecule has 5 rings (SSSR count). The van der Waals surface area contributed by atoms with Crippen molar-refractivity contribution in [1.29, 1.82) is 5.26 Å². The number of fused-ring (bicyclic) bond motifs is 2. The standard InChI is InChI=1S/C25H28N8O3/c1-16(2)20-11-17(13-26)3-4-18(20)15-36-25(35)31-7-5-19-12-22(29-33(19)10-9-31)24(34)32-8-6-21-23(14-32)28-30-27-21/h3-4,11-12,16H,5-10,14-15H2,1-2H3,(H,27,28,30). The molecule has 0 radical (unpaired) electrons. The molecule has 0 fully saturated rings. The van der Waals surface area contributed by atoms with Crippen molar-refractivity contribution in [3.8, 4) is 6.07 Å². The van der Waals surface area contributed by atoms with Crippen LogP contribution in [0.2, 0.25) is 0 Å². The van der Waals surface area contributed by atoms with Gasteiger partial charge in [0.25, 0.3) is 5.91 Å². The van der Waals surface area contributed by atoms with Crippen LogP contribution in [-0.2, 0) is 37.3 Å². The molecule has 0 saturated carbocycles. The molecule has 1 aromatic carbocycles. The number of benzene rings is 1. The average Bonchev–Trinajstić information content (AvgIpc) is 3.48. The van der Waals surface area contributed by atoms with Crippen LogP contribution in [0.4, 0.5) is 4.79 Å². The van der Waals surface area contributed by atoms with Crippen LogP contribution in [0, 0.1) is 11.3 Å². The molecule has 4 heterocycles. The molecular formula is C25H28N8O3. The lowest BCUT2D eigenvalue weighted by molar-refractivity contribution is 0.0723. The van der Waals surface area contributed by atoms with Gasteiger partial charge in [-0.05, 0) is 35.2 Å². The summed E-state index contributed by atoms with van der Waals surface area (Å²) in [5.41, 5.74) is 5.60. The molecular weight excluding hydrogens is 460 g/mol. The van der Waals surface area contributed by atoms with E-state index in [9.17, 15) is 14.9 Å². The van der Waals surface area contributed by atoms with E-state index in [0.717, 1.165) is 28.2 Å². The third-order valence-corrected chi connectivity index (χ3v) is 6.77. The molecule has 3 aromatic rings. The zero-order valence-corrected chi connectivity index (χ0v) is 20.4. The molecule has 11 nitrogen and oxygen atoms in total. The number of nitrogens with zero attached hydrogens (tertiary/aromatic N) is 7. The number of nitrogens with one attached hydrogen (secondary N) is 1. The first-order chi connectivity index (χ1) is 17.4. The molecule has 1 N–H and O–H groups in total. The fourth-order valence-electron chi connectivity index (χ4n) is 4.72. The zero-order valence-electron chi connectivity index (χ0n) is 20.4. The van der Waals surface area contributed by atoms with Gasteiger partial charge in [-0.15, -0.1) is 5.10 Å². The summed E-state index contributed by atoms with van der Waals surface area (Å²) >= 11 is 0. The van der Waals surface area contributed by atoms with Crippen LogP contribution in [0.25, 0.3) is 0 Å². The lowest BCUT2D eigenvalue weighted by atomic mass is 9.95. The summed E-state index contributed by atoms with van der Waals surface area (Å²) in [6, 6.07) is 9.42. The van der Waals surface area contributed by atoms with Gasteiger partial charge in [0, 0.05) is 38.2 Å². The van der Waals surface area contributed by atoms with Gasteiger partial charge in [-0.25, -0.2) is 4.79 Å². The van der Waals surface area contributed by atoms with Crippen molar-refractivity contribution in [1.82, 2.24) is 35.0 Å². The molecule has 0 aliphatic carbocycles. The number of H-pyrrole nitrogens is 1. The van der Waals surface area contributed by atoms with Crippen molar-refractivity contribution in [2.24, 2.45) is 0 Å². The maximum atomic E-state index is 13.0. The topological polar surface area (TPSA) is 133 Å². The summed E-state index contributed by atoms with van der Waals surface area (Å²) in [5, 5.41) is 24.5. The monoisotopic (exact) mass is 488 g/mol. The quantitative estimate of drug-likeness (QED) is 0.596. The largest absolute Gasteiger partial charge is 0.445 e. The molecule has 2 aliphatic rings. The van der Waals surface area contributed by atoms with E-state index in [1.165, 1.54) is 0 Å². The number of carbonyl (C=O) groups excluding carboxylic acids is 2. The van der Waals surface area contributed by atoms with Gasteiger partial charge in [0.15, 0.2) is 5.69 Å². The molecule has 0 atom stereocenters. The first-order valence-electron chi connectivity index (χ1n) is 12.1. The molecule has 2 aromatic heterocycles. The average molecular weight is 489 g/mol. The Labute approximate surface area is 208 Å². The highest BCUT2D eigenvalue weighted by atomic mass is 16.6. The minimum absolute atomic E-state index is 0.121. The van der Waals surface area contributed by atoms with Gasteiger partial charge in [-0.1, -0.05) is 25.1 Å². The van der Waals surface area contributed by atoms with Gasteiger partial charge in [0.05, 0.1) is 30.4 Å². The number of rotatable bonds is 4. The number of aromatic nitrogens is 5. The Hall–Kier alpha value is -4.20. The third kappa shape index (κ3) is 4.66. The summed E-state index contributed by atoms with van der Waals surface area (Å²) in [5.74, 6) is 0.0888. The zero-order chi connectivity index (χ0) is 25.2. The highest BCUT2D eigenvalue weighted by Crippen LogP contribution is 2.23. The summed E-state index contributed by atoms with van der Waals surface area (Å²) in [6.45, 7) is 6.67. The van der Waals surface area contributed by atoms with E-state index in [-0.39, 0.29) is 24.5 Å². The second-order valence-corrected chi connectivity index (χ2v) is 9.43. The molecule has 186 valence electrons. The lowest BCUT2D eigenvalue weighted by Crippen LogP contribution is -2.36. The van der Waals surface area contributed by atoms with Crippen molar-refractivity contribution in [2.45, 2.75) is 52.3 Å². The molecule has 11 heteroatoms. The van der Waals surface area contributed by atoms with Crippen molar-refractivity contribution in [3.63, 3.8) is 0 Å². The third-order valence-electron chi connectivity index (χ3n) is 6.77. The van der Waals surface area contributed by atoms with Gasteiger partial charge in [0.2, 0.25) is 0 Å². The van der Waals surface area contributed by atoms with Crippen LogP contribution in [0.15, 0.2) is 24.3 Å². The van der Waals surface area contributed by atoms with Gasteiger partial charge in [-0.2, -0.15) is 10.4 Å². The first-order valence-corrected chi connectivity index (χ1v) is 12.1. The normalized spacial score (nSPS) is 15.2. The Morgan fingerprint density at radius 3 is 2.78 bits per heavy atom. The van der Waals surface area contributed by atoms with Crippen molar-refractivity contribution >= 4 is 12.0 Å². The number of carbonyl (C=O) groups is 2. The molecule has 2 amide bonds. The van der Waals surface area contributed by atoms with Crippen LogP contribution in [0.3, 0.4) is 0 Å². The van der Waals surface area contributed by atoms with E-state index in [0.29, 0.717) is 56.8 Å². The first kappa shape index (κ1) is 23.5. The highest BCUT2D eigenvalue weighted by Gasteiger charge is 2.28. The van der Waals surface area contributed by atoms with Gasteiger partial charge in [0.1, 0.15) is 12.3 Å². The second-order valence-electron chi connectivity index (χ2n) is 9.43. The Bertz CT molecular complexity index is 1310. The molecule has 36 heavy (non-hydrogen) atoms. The van der Waals surface area contributed by atoms with E-state index in [1.807, 2.05) is 36.7 Å². The Morgan fingerprint density at radius 2 is 1.97 bits per heavy atom. The predicted octanol–water partition coefficient (Wildman–Crippen LogP) is 2.39. The van der Waals surface area contributed by atoms with Gasteiger partial charge in [-0.3, -0.25) is 14.6 Å². The maximum absolute atomic E-state index is 13.0. The Balaban J connectivity index is 1.19. The van der Waals surface area contributed by atoms with E-state index >= 15 is 0 Å². The SMILES string of the molecule is CC(C)c1cc(C#N)ccc1COC(=O)N1CCc2cc(C(=O)N3CCc4[nH]nnc4C3)nn2CC1. The maximum Gasteiger partial charge on any atom is 0.410 e. The summed E-state index contributed by atoms with van der Waals surface area (Å²) in [4.78, 5) is 29.3. The Morgan fingerprint density at radius 1 is 1.14 bits per heavy atom. The summed E-state index contributed by atoms with van der Waals surface area (Å²) in [6.07, 6.45) is 0.893. The summed E-state index contributed by atoms with van der Waals surface area (Å²) in [7, 11) is 0. The van der Waals surface area contributed by atoms with Gasteiger partial charge >= 0.3 is 6.09 Å². The van der Waals surface area contributed by atoms with Crippen LogP contribution in [0.1, 0.15) is 64.0 Å². The van der Waals surface area contributed by atoms with E-state index in [2.05, 4.69) is 26.6 Å². The van der Waals surface area contributed by atoms with E-state index < -0.39 is 0 Å². The van der Waals surface area contributed by atoms with Crippen molar-refractivity contribution in [2.75, 3.05) is 19.6 Å². The number of nitriles is 1. The van der Waals surface area contributed by atoms with Crippen molar-refractivity contribution < 1.29 is 14.3 Å². The minimum Gasteiger partial charge on any atom is -0.445 e. The van der Waals surface area contributed by atoms with Crippen molar-refractivity contribution in [3.05, 3.63) is 63.7 Å². The predicted molar refractivity (Wildman–Crippen MR) is 128 cm³/mol. The number of amides is 2. The van der Waals surface area contributed by atoms with Crippen LogP contribution >= 0.6 is 0 Å².